The number of benzene rings is 1. The van der Waals surface area contributed by atoms with E-state index in [4.69, 9.17) is 0 Å². The number of Topliss-reactive ketones (excluding diaryl/α,β-unsaturated/α-hetero) is 1. The van der Waals surface area contributed by atoms with E-state index in [0.29, 0.717) is 23.0 Å². The Hall–Kier alpha value is -2.26. The van der Waals surface area contributed by atoms with Crippen LogP contribution in [0.5, 0.6) is 0 Å². The molecule has 1 aromatic heterocycles. The van der Waals surface area contributed by atoms with Crippen LogP contribution >= 0.6 is 0 Å². The lowest BCUT2D eigenvalue weighted by Gasteiger charge is -2.26. The van der Waals surface area contributed by atoms with Crippen LogP contribution in [0.15, 0.2) is 24.4 Å². The molecule has 1 saturated heterocycles. The van der Waals surface area contributed by atoms with E-state index in [0.717, 1.165) is 19.6 Å². The molecule has 0 spiro atoms. The quantitative estimate of drug-likeness (QED) is 0.378. The van der Waals surface area contributed by atoms with Gasteiger partial charge in [0.15, 0.2) is 5.69 Å². The molecule has 8 nitrogen and oxygen atoms in total. The normalized spacial score (nSPS) is 16.5. The zero-order valence-electron chi connectivity index (χ0n) is 16.4. The first-order valence-corrected chi connectivity index (χ1v) is 9.81. The number of piperidine rings is 1. The molecule has 3 N–H and O–H groups in total. The molecule has 1 unspecified atom stereocenters. The largest absolute Gasteiger partial charge is 0.595 e. The number of rotatable bonds is 7. The fourth-order valence-corrected chi connectivity index (χ4v) is 3.71. The molecule has 28 heavy (non-hydrogen) atoms. The summed E-state index contributed by atoms with van der Waals surface area (Å²) in [4.78, 5) is 27.4. The molecule has 8 heteroatoms. The molecule has 2 heterocycles. The van der Waals surface area contributed by atoms with Crippen LogP contribution in [0.1, 0.15) is 49.5 Å². The average molecular weight is 388 g/mol. The molecule has 1 aliphatic rings. The monoisotopic (exact) mass is 388 g/mol. The number of hydrogen-bond acceptors (Lipinski definition) is 5. The Bertz CT molecular complexity index is 853. The number of likely N-dealkylation sites (tertiary alicyclic amines) is 1. The Labute approximate surface area is 164 Å². The lowest BCUT2D eigenvalue weighted by Crippen LogP contribution is -2.99. The van der Waals surface area contributed by atoms with Gasteiger partial charge in [-0.1, -0.05) is 6.42 Å². The molecular formula is C20H28N4O4. The van der Waals surface area contributed by atoms with Crippen molar-refractivity contribution in [3.8, 4) is 0 Å². The predicted octanol–water partition coefficient (Wildman–Crippen LogP) is 1.41. The van der Waals surface area contributed by atoms with Crippen molar-refractivity contribution in [1.82, 2.24) is 14.8 Å². The van der Waals surface area contributed by atoms with Gasteiger partial charge in [-0.25, -0.2) is 5.21 Å². The van der Waals surface area contributed by atoms with Gasteiger partial charge in [-0.3, -0.25) is 9.59 Å². The summed E-state index contributed by atoms with van der Waals surface area (Å²) in [5.74, 6) is -1.21. The zero-order valence-corrected chi connectivity index (χ0v) is 16.4. The number of carbonyl (C=O) groups excluding carboxylic acids is 2. The van der Waals surface area contributed by atoms with E-state index in [1.54, 1.807) is 18.3 Å². The number of fused-ring (bicyclic) bond motifs is 1. The van der Waals surface area contributed by atoms with Gasteiger partial charge >= 0.3 is 0 Å². The van der Waals surface area contributed by atoms with E-state index in [9.17, 15) is 20.0 Å². The number of quaternary nitrogens is 1. The zero-order chi connectivity index (χ0) is 20.3. The topological polar surface area (TPSA) is 102 Å². The van der Waals surface area contributed by atoms with Crippen LogP contribution in [-0.2, 0) is 4.79 Å². The van der Waals surface area contributed by atoms with Gasteiger partial charge in [0, 0.05) is 42.8 Å². The molecular weight excluding hydrogens is 360 g/mol. The van der Waals surface area contributed by atoms with E-state index < -0.39 is 16.9 Å². The minimum atomic E-state index is -1.03. The second-order valence-electron chi connectivity index (χ2n) is 7.57. The van der Waals surface area contributed by atoms with Crippen LogP contribution < -0.4 is 10.5 Å². The maximum atomic E-state index is 12.7. The van der Waals surface area contributed by atoms with Crippen LogP contribution in [0.2, 0.25) is 0 Å². The number of hydrogen-bond donors (Lipinski definition) is 3. The van der Waals surface area contributed by atoms with Crippen molar-refractivity contribution in [2.45, 2.75) is 39.2 Å². The van der Waals surface area contributed by atoms with Crippen molar-refractivity contribution < 1.29 is 20.0 Å². The van der Waals surface area contributed by atoms with Gasteiger partial charge in [-0.15, -0.1) is 0 Å². The summed E-state index contributed by atoms with van der Waals surface area (Å²) in [5, 5.41) is 22.8. The fourth-order valence-electron chi connectivity index (χ4n) is 3.71. The molecule has 0 radical (unpaired) electrons. The summed E-state index contributed by atoms with van der Waals surface area (Å²) in [5.41, 5.74) is 1.09. The molecule has 2 aromatic rings. The minimum Gasteiger partial charge on any atom is -0.595 e. The lowest BCUT2D eigenvalue weighted by molar-refractivity contribution is -0.991. The number of nitrogens with one attached hydrogen (secondary N) is 2. The Morgan fingerprint density at radius 2 is 1.96 bits per heavy atom. The summed E-state index contributed by atoms with van der Waals surface area (Å²) >= 11 is 0. The van der Waals surface area contributed by atoms with Gasteiger partial charge in [0.05, 0.1) is 11.1 Å². The van der Waals surface area contributed by atoms with E-state index in [1.165, 1.54) is 25.3 Å². The van der Waals surface area contributed by atoms with Crippen molar-refractivity contribution in [3.05, 3.63) is 35.2 Å². The van der Waals surface area contributed by atoms with Gasteiger partial charge in [0.2, 0.25) is 0 Å². The van der Waals surface area contributed by atoms with Crippen LogP contribution in [0.4, 0.5) is 5.69 Å². The van der Waals surface area contributed by atoms with E-state index >= 15 is 0 Å². The van der Waals surface area contributed by atoms with Crippen LogP contribution in [0.25, 0.3) is 10.9 Å². The summed E-state index contributed by atoms with van der Waals surface area (Å²) in [6, 6.07) is 4.63. The SMILES string of the molecule is CC(C)n1cc(C(=O)C(=O)NCCN2CCCCC2)c2ccc([NH+]([O-])O)cc21. The minimum absolute atomic E-state index is 0.0234. The first kappa shape index (κ1) is 20.5. The van der Waals surface area contributed by atoms with Crippen molar-refractivity contribution >= 4 is 28.3 Å². The van der Waals surface area contributed by atoms with Crippen LogP contribution in [-0.4, -0.2) is 52.5 Å². The molecule has 1 amide bonds. The van der Waals surface area contributed by atoms with Crippen molar-refractivity contribution in [1.29, 1.82) is 0 Å². The summed E-state index contributed by atoms with van der Waals surface area (Å²) < 4.78 is 1.83. The second kappa shape index (κ2) is 8.83. The lowest BCUT2D eigenvalue weighted by atomic mass is 10.1. The van der Waals surface area contributed by atoms with Gasteiger partial charge < -0.3 is 20.0 Å². The second-order valence-corrected chi connectivity index (χ2v) is 7.57. The number of ketones is 1. The molecule has 152 valence electrons. The molecule has 1 aliphatic heterocycles. The summed E-state index contributed by atoms with van der Waals surface area (Å²) in [6.45, 7) is 7.15. The standard InChI is InChI=1S/C20H28N4O4/c1-14(2)23-13-17(16-7-6-15(24(27)28)12-18(16)23)19(25)20(26)21-8-11-22-9-4-3-5-10-22/h6-7,12-14,24,27H,3-5,8-11H2,1-2H3,(H,21,26). The molecule has 1 aromatic carbocycles. The molecule has 0 aliphatic carbocycles. The Morgan fingerprint density at radius 1 is 1.25 bits per heavy atom. The highest BCUT2D eigenvalue weighted by Gasteiger charge is 2.23. The number of carbonyl (C=O) groups is 2. The maximum absolute atomic E-state index is 12.7. The molecule has 0 bridgehead atoms. The van der Waals surface area contributed by atoms with Crippen molar-refractivity contribution in [2.24, 2.45) is 0 Å². The highest BCUT2D eigenvalue weighted by molar-refractivity contribution is 6.45. The van der Waals surface area contributed by atoms with Gasteiger partial charge in [-0.2, -0.15) is 5.23 Å². The van der Waals surface area contributed by atoms with Crippen LogP contribution in [0.3, 0.4) is 0 Å². The molecule has 1 atom stereocenters. The highest BCUT2D eigenvalue weighted by atomic mass is 16.8. The van der Waals surface area contributed by atoms with E-state index in [2.05, 4.69) is 10.2 Å². The third-order valence-corrected chi connectivity index (χ3v) is 5.25. The van der Waals surface area contributed by atoms with Crippen LogP contribution in [0, 0.1) is 5.21 Å². The van der Waals surface area contributed by atoms with Gasteiger partial charge in [0.25, 0.3) is 11.7 Å². The number of nitrogens with zero attached hydrogens (tertiary/aromatic N) is 2. The Morgan fingerprint density at radius 3 is 2.61 bits per heavy atom. The van der Waals surface area contributed by atoms with E-state index in [-0.39, 0.29) is 11.7 Å². The van der Waals surface area contributed by atoms with Crippen molar-refractivity contribution in [3.63, 3.8) is 0 Å². The predicted molar refractivity (Wildman–Crippen MR) is 106 cm³/mol. The molecule has 3 rings (SSSR count). The number of amides is 1. The first-order chi connectivity index (χ1) is 13.4. The Kier molecular flexibility index (Phi) is 6.46. The maximum Gasteiger partial charge on any atom is 0.292 e. The molecule has 1 fully saturated rings. The Balaban J connectivity index is 1.75. The average Bonchev–Trinajstić information content (AvgIpc) is 3.07. The fraction of sp³-hybridized carbons (Fsp3) is 0.500. The smallest absolute Gasteiger partial charge is 0.292 e. The molecule has 0 saturated carbocycles. The summed E-state index contributed by atoms with van der Waals surface area (Å²) in [6.07, 6.45) is 5.26. The van der Waals surface area contributed by atoms with Gasteiger partial charge in [0.1, 0.15) is 0 Å². The first-order valence-electron chi connectivity index (χ1n) is 9.81. The van der Waals surface area contributed by atoms with E-state index in [1.807, 2.05) is 18.4 Å². The van der Waals surface area contributed by atoms with Gasteiger partial charge in [-0.05, 0) is 45.8 Å². The third-order valence-electron chi connectivity index (χ3n) is 5.25. The van der Waals surface area contributed by atoms with Crippen molar-refractivity contribution in [2.75, 3.05) is 26.2 Å². The third kappa shape index (κ3) is 4.41. The number of aromatic nitrogens is 1. The highest BCUT2D eigenvalue weighted by Crippen LogP contribution is 2.27. The summed E-state index contributed by atoms with van der Waals surface area (Å²) in [7, 11) is 0.